The third-order valence-electron chi connectivity index (χ3n) is 5.18. The molecule has 1 spiro atoms. The maximum absolute atomic E-state index is 4.44. The summed E-state index contributed by atoms with van der Waals surface area (Å²) in [6.07, 6.45) is 11.6. The van der Waals surface area contributed by atoms with Crippen LogP contribution in [-0.2, 0) is 13.6 Å². The van der Waals surface area contributed by atoms with Crippen molar-refractivity contribution in [1.29, 1.82) is 0 Å². The number of aromatic nitrogens is 4. The van der Waals surface area contributed by atoms with Crippen LogP contribution >= 0.6 is 0 Å². The average Bonchev–Trinajstić information content (AvgIpc) is 3.15. The van der Waals surface area contributed by atoms with Gasteiger partial charge in [-0.15, -0.1) is 0 Å². The topological polar surface area (TPSA) is 50.1 Å². The Morgan fingerprint density at radius 2 is 2.00 bits per heavy atom. The van der Waals surface area contributed by atoms with Gasteiger partial charge in [-0.2, -0.15) is 5.10 Å². The van der Waals surface area contributed by atoms with Crippen LogP contribution in [0.2, 0.25) is 0 Å². The van der Waals surface area contributed by atoms with Gasteiger partial charge in [-0.05, 0) is 31.9 Å². The molecule has 0 unspecified atom stereocenters. The molecule has 2 saturated heterocycles. The van der Waals surface area contributed by atoms with E-state index in [9.17, 15) is 0 Å². The molecule has 122 valence electrons. The fraction of sp³-hybridized carbons (Fsp3) is 0.588. The second-order valence-electron chi connectivity index (χ2n) is 7.06. The number of hydrogen-bond donors (Lipinski definition) is 0. The zero-order chi connectivity index (χ0) is 15.7. The first kappa shape index (κ1) is 14.6. The van der Waals surface area contributed by atoms with Crippen LogP contribution in [0.15, 0.2) is 30.9 Å². The Labute approximate surface area is 137 Å². The van der Waals surface area contributed by atoms with Gasteiger partial charge < -0.3 is 4.90 Å². The number of piperidine rings is 1. The second-order valence-corrected chi connectivity index (χ2v) is 7.06. The molecule has 4 rings (SSSR count). The van der Waals surface area contributed by atoms with E-state index in [1.54, 1.807) is 0 Å². The molecule has 23 heavy (non-hydrogen) atoms. The van der Waals surface area contributed by atoms with Gasteiger partial charge in [-0.1, -0.05) is 0 Å². The lowest BCUT2D eigenvalue weighted by molar-refractivity contribution is 0.215. The summed E-state index contributed by atoms with van der Waals surface area (Å²) < 4.78 is 1.89. The molecule has 2 aromatic heterocycles. The summed E-state index contributed by atoms with van der Waals surface area (Å²) >= 11 is 0. The van der Waals surface area contributed by atoms with E-state index in [0.29, 0.717) is 5.41 Å². The molecule has 6 nitrogen and oxygen atoms in total. The molecular weight excluding hydrogens is 288 g/mol. The van der Waals surface area contributed by atoms with Crippen molar-refractivity contribution in [1.82, 2.24) is 24.6 Å². The molecule has 0 aromatic carbocycles. The van der Waals surface area contributed by atoms with E-state index in [1.165, 1.54) is 37.9 Å². The minimum absolute atomic E-state index is 0.402. The molecule has 4 heterocycles. The first-order valence-electron chi connectivity index (χ1n) is 8.44. The summed E-state index contributed by atoms with van der Waals surface area (Å²) in [6.45, 7) is 5.52. The van der Waals surface area contributed by atoms with Crippen molar-refractivity contribution in [2.75, 3.05) is 31.1 Å². The van der Waals surface area contributed by atoms with Crippen LogP contribution in [0.4, 0.5) is 5.95 Å². The summed E-state index contributed by atoms with van der Waals surface area (Å²) in [5, 5.41) is 4.28. The molecule has 0 aliphatic carbocycles. The Kier molecular flexibility index (Phi) is 3.77. The highest BCUT2D eigenvalue weighted by molar-refractivity contribution is 5.30. The highest BCUT2D eigenvalue weighted by Crippen LogP contribution is 2.40. The maximum Gasteiger partial charge on any atom is 0.225 e. The van der Waals surface area contributed by atoms with Crippen molar-refractivity contribution < 1.29 is 0 Å². The summed E-state index contributed by atoms with van der Waals surface area (Å²) in [6, 6.07) is 1.88. The fourth-order valence-electron chi connectivity index (χ4n) is 4.14. The minimum atomic E-state index is 0.402. The standard InChI is InChI=1S/C17H24N6/c1-21-11-15(10-20-21)12-22-9-5-17(13-22)4-2-8-23(14-17)16-18-6-3-7-19-16/h3,6-7,10-11H,2,4-5,8-9,12-14H2,1H3/t17-/m0/s1. The lowest BCUT2D eigenvalue weighted by Gasteiger charge is -2.40. The van der Waals surface area contributed by atoms with Crippen LogP contribution in [0.25, 0.3) is 0 Å². The average molecular weight is 312 g/mol. The third kappa shape index (κ3) is 3.08. The van der Waals surface area contributed by atoms with Crippen LogP contribution in [0.3, 0.4) is 0 Å². The van der Waals surface area contributed by atoms with Crippen molar-refractivity contribution in [2.24, 2.45) is 12.5 Å². The van der Waals surface area contributed by atoms with Crippen LogP contribution < -0.4 is 4.90 Å². The minimum Gasteiger partial charge on any atom is -0.340 e. The van der Waals surface area contributed by atoms with E-state index >= 15 is 0 Å². The van der Waals surface area contributed by atoms with Gasteiger partial charge in [0.15, 0.2) is 0 Å². The number of nitrogens with zero attached hydrogens (tertiary/aromatic N) is 6. The Hall–Kier alpha value is -1.95. The monoisotopic (exact) mass is 312 g/mol. The van der Waals surface area contributed by atoms with Crippen LogP contribution in [0.5, 0.6) is 0 Å². The van der Waals surface area contributed by atoms with Crippen molar-refractivity contribution in [3.8, 4) is 0 Å². The summed E-state index contributed by atoms with van der Waals surface area (Å²) in [5.74, 6) is 0.886. The predicted molar refractivity (Wildman–Crippen MR) is 89.0 cm³/mol. The molecule has 0 radical (unpaired) electrons. The number of anilines is 1. The highest BCUT2D eigenvalue weighted by Gasteiger charge is 2.41. The van der Waals surface area contributed by atoms with Gasteiger partial charge in [0.25, 0.3) is 0 Å². The molecule has 1 atom stereocenters. The molecule has 0 saturated carbocycles. The van der Waals surface area contributed by atoms with Crippen molar-refractivity contribution >= 4 is 5.95 Å². The predicted octanol–water partition coefficient (Wildman–Crippen LogP) is 1.70. The largest absolute Gasteiger partial charge is 0.340 e. The summed E-state index contributed by atoms with van der Waals surface area (Å²) in [7, 11) is 1.98. The smallest absolute Gasteiger partial charge is 0.225 e. The lowest BCUT2D eigenvalue weighted by atomic mass is 9.79. The van der Waals surface area contributed by atoms with Crippen molar-refractivity contribution in [3.63, 3.8) is 0 Å². The van der Waals surface area contributed by atoms with E-state index in [4.69, 9.17) is 0 Å². The molecule has 0 bridgehead atoms. The van der Waals surface area contributed by atoms with E-state index in [0.717, 1.165) is 25.6 Å². The van der Waals surface area contributed by atoms with Crippen LogP contribution in [0, 0.1) is 5.41 Å². The van der Waals surface area contributed by atoms with Crippen LogP contribution in [-0.4, -0.2) is 50.8 Å². The van der Waals surface area contributed by atoms with Gasteiger partial charge in [-0.3, -0.25) is 9.58 Å². The number of likely N-dealkylation sites (tertiary alicyclic amines) is 1. The van der Waals surface area contributed by atoms with Crippen molar-refractivity contribution in [3.05, 3.63) is 36.4 Å². The van der Waals surface area contributed by atoms with E-state index in [1.807, 2.05) is 36.4 Å². The van der Waals surface area contributed by atoms with Gasteiger partial charge in [-0.25, -0.2) is 9.97 Å². The molecule has 2 aliphatic heterocycles. The first-order chi connectivity index (χ1) is 11.2. The van der Waals surface area contributed by atoms with Gasteiger partial charge in [0.1, 0.15) is 0 Å². The second kappa shape index (κ2) is 5.92. The molecule has 2 aromatic rings. The lowest BCUT2D eigenvalue weighted by Crippen LogP contribution is -2.45. The van der Waals surface area contributed by atoms with Crippen molar-refractivity contribution in [2.45, 2.75) is 25.8 Å². The Bertz CT molecular complexity index is 654. The molecular formula is C17H24N6. The van der Waals surface area contributed by atoms with E-state index in [2.05, 4.69) is 31.1 Å². The summed E-state index contributed by atoms with van der Waals surface area (Å²) in [4.78, 5) is 13.8. The normalized spacial score (nSPS) is 25.3. The Morgan fingerprint density at radius 3 is 2.78 bits per heavy atom. The number of aryl methyl sites for hydroxylation is 1. The van der Waals surface area contributed by atoms with Gasteiger partial charge in [0, 0.05) is 62.8 Å². The third-order valence-corrected chi connectivity index (χ3v) is 5.18. The summed E-state index contributed by atoms with van der Waals surface area (Å²) in [5.41, 5.74) is 1.71. The van der Waals surface area contributed by atoms with E-state index < -0.39 is 0 Å². The first-order valence-corrected chi connectivity index (χ1v) is 8.44. The van der Waals surface area contributed by atoms with Gasteiger partial charge >= 0.3 is 0 Å². The maximum atomic E-state index is 4.44. The zero-order valence-corrected chi connectivity index (χ0v) is 13.7. The van der Waals surface area contributed by atoms with Gasteiger partial charge in [0.2, 0.25) is 5.95 Å². The fourth-order valence-corrected chi connectivity index (χ4v) is 4.14. The highest BCUT2D eigenvalue weighted by atomic mass is 15.3. The molecule has 2 fully saturated rings. The van der Waals surface area contributed by atoms with E-state index in [-0.39, 0.29) is 0 Å². The van der Waals surface area contributed by atoms with Gasteiger partial charge in [0.05, 0.1) is 6.20 Å². The Morgan fingerprint density at radius 1 is 1.13 bits per heavy atom. The zero-order valence-electron chi connectivity index (χ0n) is 13.7. The molecule has 6 heteroatoms. The Balaban J connectivity index is 1.42. The molecule has 0 N–H and O–H groups in total. The number of hydrogen-bond acceptors (Lipinski definition) is 5. The van der Waals surface area contributed by atoms with Crippen LogP contribution in [0.1, 0.15) is 24.8 Å². The molecule has 0 amide bonds. The SMILES string of the molecule is Cn1cc(CN2CC[C@@]3(CCCN(c4ncccn4)C3)C2)cn1. The quantitative estimate of drug-likeness (QED) is 0.863. The molecule has 2 aliphatic rings. The number of rotatable bonds is 3.